The fourth-order valence-electron chi connectivity index (χ4n) is 2.43. The van der Waals surface area contributed by atoms with Crippen molar-refractivity contribution < 1.29 is 33.5 Å². The molecule has 0 spiro atoms. The molecule has 0 bridgehead atoms. The van der Waals surface area contributed by atoms with Gasteiger partial charge in [0.05, 0.1) is 19.1 Å². The lowest BCUT2D eigenvalue weighted by Gasteiger charge is -2.29. The van der Waals surface area contributed by atoms with Crippen molar-refractivity contribution in [1.29, 1.82) is 0 Å². The number of aldehydes is 1. The summed E-state index contributed by atoms with van der Waals surface area (Å²) < 4.78 is 4.64. The molecule has 144 valence electrons. The normalized spacial score (nSPS) is 18.1. The highest BCUT2D eigenvalue weighted by Crippen LogP contribution is 2.18. The van der Waals surface area contributed by atoms with Gasteiger partial charge in [0.1, 0.15) is 12.8 Å². The van der Waals surface area contributed by atoms with E-state index in [1.165, 1.54) is 0 Å². The third-order valence-corrected chi connectivity index (χ3v) is 3.88. The lowest BCUT2D eigenvalue weighted by atomic mass is 9.92. The zero-order valence-electron chi connectivity index (χ0n) is 14.8. The number of imide groups is 1. The number of urea groups is 1. The van der Waals surface area contributed by atoms with Gasteiger partial charge < -0.3 is 20.2 Å². The van der Waals surface area contributed by atoms with Crippen LogP contribution in [-0.2, 0) is 28.7 Å². The Morgan fingerprint density at radius 2 is 2.00 bits per heavy atom. The summed E-state index contributed by atoms with van der Waals surface area (Å²) in [5, 5.41) is 4.49. The van der Waals surface area contributed by atoms with E-state index < -0.39 is 48.0 Å². The predicted molar refractivity (Wildman–Crippen MR) is 87.8 cm³/mol. The number of esters is 1. The Hall–Kier alpha value is -2.78. The van der Waals surface area contributed by atoms with E-state index >= 15 is 0 Å². The van der Waals surface area contributed by atoms with Gasteiger partial charge in [-0.2, -0.15) is 0 Å². The van der Waals surface area contributed by atoms with Gasteiger partial charge in [-0.05, 0) is 19.8 Å². The van der Waals surface area contributed by atoms with Gasteiger partial charge in [0.2, 0.25) is 11.7 Å². The molecular weight excluding hydrogens is 346 g/mol. The second-order valence-electron chi connectivity index (χ2n) is 5.69. The molecule has 1 fully saturated rings. The molecule has 26 heavy (non-hydrogen) atoms. The summed E-state index contributed by atoms with van der Waals surface area (Å²) >= 11 is 0. The number of carbonyl (C=O) groups excluding carboxylic acids is 6. The third kappa shape index (κ3) is 5.94. The van der Waals surface area contributed by atoms with Gasteiger partial charge in [0, 0.05) is 12.5 Å². The molecule has 1 aliphatic heterocycles. The number of Topliss-reactive ketones (excluding diaryl/α,β-unsaturated/α-hetero) is 1. The second kappa shape index (κ2) is 10.3. The summed E-state index contributed by atoms with van der Waals surface area (Å²) in [5.41, 5.74) is 0. The monoisotopic (exact) mass is 369 g/mol. The van der Waals surface area contributed by atoms with Crippen molar-refractivity contribution in [3.63, 3.8) is 0 Å². The number of piperidine rings is 1. The maximum atomic E-state index is 12.1. The first kappa shape index (κ1) is 21.3. The molecule has 0 saturated carbocycles. The van der Waals surface area contributed by atoms with E-state index in [4.69, 9.17) is 0 Å². The molecule has 1 heterocycles. The van der Waals surface area contributed by atoms with E-state index in [1.54, 1.807) is 13.8 Å². The van der Waals surface area contributed by atoms with Crippen LogP contribution in [-0.4, -0.2) is 66.5 Å². The Morgan fingerprint density at radius 1 is 1.31 bits per heavy atom. The number of hydrogen-bond donors (Lipinski definition) is 2. The van der Waals surface area contributed by atoms with Gasteiger partial charge in [0.25, 0.3) is 5.91 Å². The maximum Gasteiger partial charge on any atom is 0.325 e. The van der Waals surface area contributed by atoms with Crippen LogP contribution in [0, 0.1) is 5.92 Å². The van der Waals surface area contributed by atoms with Crippen molar-refractivity contribution in [2.45, 2.75) is 39.2 Å². The Kier molecular flexibility index (Phi) is 8.40. The topological polar surface area (TPSA) is 139 Å². The molecule has 2 atom stereocenters. The average Bonchev–Trinajstić information content (AvgIpc) is 2.61. The first-order valence-electron chi connectivity index (χ1n) is 8.37. The van der Waals surface area contributed by atoms with Crippen LogP contribution in [0.15, 0.2) is 0 Å². The molecule has 0 aromatic heterocycles. The van der Waals surface area contributed by atoms with Crippen LogP contribution in [0.1, 0.15) is 33.1 Å². The van der Waals surface area contributed by atoms with Crippen molar-refractivity contribution in [2.75, 3.05) is 19.7 Å². The van der Waals surface area contributed by atoms with E-state index in [0.29, 0.717) is 19.1 Å². The van der Waals surface area contributed by atoms with Crippen molar-refractivity contribution in [1.82, 2.24) is 15.5 Å². The average molecular weight is 369 g/mol. The van der Waals surface area contributed by atoms with Gasteiger partial charge in [0.15, 0.2) is 0 Å². The standard InChI is InChI=1S/C16H23N3O7/c1-3-10-5-6-19(15(24)14(10)23)16(25)18-11(9-20)7-12(21)17-8-13(22)26-4-2/h9-11H,3-8H2,1-2H3,(H,17,21)(H,18,25). The number of likely N-dealkylation sites (tertiary alicyclic amines) is 1. The number of ketones is 1. The van der Waals surface area contributed by atoms with E-state index in [0.717, 1.165) is 4.90 Å². The van der Waals surface area contributed by atoms with Crippen LogP contribution in [0.5, 0.6) is 0 Å². The summed E-state index contributed by atoms with van der Waals surface area (Å²) in [7, 11) is 0. The summed E-state index contributed by atoms with van der Waals surface area (Å²) in [4.78, 5) is 70.6. The van der Waals surface area contributed by atoms with Gasteiger partial charge in [-0.25, -0.2) is 4.79 Å². The highest BCUT2D eigenvalue weighted by molar-refractivity contribution is 6.39. The minimum Gasteiger partial charge on any atom is -0.465 e. The fraction of sp³-hybridized carbons (Fsp3) is 0.625. The lowest BCUT2D eigenvalue weighted by molar-refractivity contribution is -0.147. The maximum absolute atomic E-state index is 12.1. The molecule has 1 saturated heterocycles. The zero-order valence-corrected chi connectivity index (χ0v) is 14.8. The number of carbonyl (C=O) groups is 6. The van der Waals surface area contributed by atoms with Crippen molar-refractivity contribution in [3.8, 4) is 0 Å². The van der Waals surface area contributed by atoms with Crippen LogP contribution in [0.25, 0.3) is 0 Å². The van der Waals surface area contributed by atoms with Gasteiger partial charge in [-0.15, -0.1) is 0 Å². The summed E-state index contributed by atoms with van der Waals surface area (Å²) in [5.74, 6) is -3.24. The van der Waals surface area contributed by atoms with Crippen LogP contribution in [0.2, 0.25) is 0 Å². The van der Waals surface area contributed by atoms with Crippen LogP contribution < -0.4 is 10.6 Å². The molecule has 10 nitrogen and oxygen atoms in total. The summed E-state index contributed by atoms with van der Waals surface area (Å²) in [6.45, 7) is 3.28. The molecule has 2 N–H and O–H groups in total. The molecule has 0 aromatic carbocycles. The largest absolute Gasteiger partial charge is 0.465 e. The molecule has 2 unspecified atom stereocenters. The van der Waals surface area contributed by atoms with Gasteiger partial charge >= 0.3 is 12.0 Å². The molecule has 1 rings (SSSR count). The Bertz CT molecular complexity index is 590. The van der Waals surface area contributed by atoms with Crippen LogP contribution >= 0.6 is 0 Å². The molecule has 4 amide bonds. The quantitative estimate of drug-likeness (QED) is 0.323. The summed E-state index contributed by atoms with van der Waals surface area (Å²) in [6.07, 6.45) is 0.799. The van der Waals surface area contributed by atoms with Gasteiger partial charge in [-0.3, -0.25) is 24.1 Å². The number of hydrogen-bond acceptors (Lipinski definition) is 7. The number of rotatable bonds is 8. The summed E-state index contributed by atoms with van der Waals surface area (Å²) in [6, 6.07) is -2.11. The molecule has 1 aliphatic rings. The van der Waals surface area contributed by atoms with E-state index in [2.05, 4.69) is 15.4 Å². The van der Waals surface area contributed by atoms with Crippen molar-refractivity contribution >= 4 is 35.9 Å². The third-order valence-electron chi connectivity index (χ3n) is 3.88. The Morgan fingerprint density at radius 3 is 2.58 bits per heavy atom. The fourth-order valence-corrected chi connectivity index (χ4v) is 2.43. The Labute approximate surface area is 150 Å². The molecular formula is C16H23N3O7. The lowest BCUT2D eigenvalue weighted by Crippen LogP contribution is -2.55. The SMILES string of the molecule is CCOC(=O)CNC(=O)CC(C=O)NC(=O)N1CCC(CC)C(=O)C1=O. The van der Waals surface area contributed by atoms with Crippen LogP contribution in [0.3, 0.4) is 0 Å². The van der Waals surface area contributed by atoms with Crippen molar-refractivity contribution in [2.24, 2.45) is 5.92 Å². The highest BCUT2D eigenvalue weighted by atomic mass is 16.5. The number of ether oxygens (including phenoxy) is 1. The molecule has 0 aliphatic carbocycles. The van der Waals surface area contributed by atoms with E-state index in [1.807, 2.05) is 0 Å². The first-order chi connectivity index (χ1) is 12.3. The number of nitrogens with zero attached hydrogens (tertiary/aromatic N) is 1. The van der Waals surface area contributed by atoms with E-state index in [-0.39, 0.29) is 19.7 Å². The highest BCUT2D eigenvalue weighted by Gasteiger charge is 2.37. The van der Waals surface area contributed by atoms with Gasteiger partial charge in [-0.1, -0.05) is 6.92 Å². The van der Waals surface area contributed by atoms with E-state index in [9.17, 15) is 28.8 Å². The minimum absolute atomic E-state index is 0.0650. The molecule has 10 heteroatoms. The Balaban J connectivity index is 2.54. The number of amides is 4. The van der Waals surface area contributed by atoms with Crippen molar-refractivity contribution in [3.05, 3.63) is 0 Å². The second-order valence-corrected chi connectivity index (χ2v) is 5.69. The molecule has 0 radical (unpaired) electrons. The smallest absolute Gasteiger partial charge is 0.325 e. The zero-order chi connectivity index (χ0) is 19.7. The van der Waals surface area contributed by atoms with Crippen LogP contribution in [0.4, 0.5) is 4.79 Å². The predicted octanol–water partition coefficient (Wildman–Crippen LogP) is -0.839. The first-order valence-corrected chi connectivity index (χ1v) is 8.37. The minimum atomic E-state index is -1.20. The molecule has 0 aromatic rings. The number of nitrogens with one attached hydrogen (secondary N) is 2.